The first-order valence-electron chi connectivity index (χ1n) is 6.10. The first-order valence-corrected chi connectivity index (χ1v) is 6.86. The minimum absolute atomic E-state index is 0.104. The summed E-state index contributed by atoms with van der Waals surface area (Å²) in [6.45, 7) is 0. The highest BCUT2D eigenvalue weighted by molar-refractivity contribution is 6.40. The zero-order valence-electron chi connectivity index (χ0n) is 10.6. The molecule has 0 radical (unpaired) electrons. The zero-order chi connectivity index (χ0) is 15.0. The van der Waals surface area contributed by atoms with Gasteiger partial charge in [0.1, 0.15) is 22.9 Å². The molecule has 0 saturated carbocycles. The van der Waals surface area contributed by atoms with Gasteiger partial charge in [-0.2, -0.15) is 0 Å². The molecule has 0 amide bonds. The molecule has 0 unspecified atom stereocenters. The highest BCUT2D eigenvalue weighted by Crippen LogP contribution is 2.38. The molecule has 2 aromatic carbocycles. The molecule has 4 nitrogen and oxygen atoms in total. The second kappa shape index (κ2) is 5.39. The Bertz CT molecular complexity index is 748. The molecule has 3 rings (SSSR count). The number of fused-ring (bicyclic) bond motifs is 1. The Labute approximate surface area is 130 Å². The van der Waals surface area contributed by atoms with Crippen LogP contribution < -0.4 is 4.74 Å². The number of carbonyl (C=O) groups excluding carboxylic acids is 1. The Balaban J connectivity index is 2.04. The number of rotatable bonds is 1. The summed E-state index contributed by atoms with van der Waals surface area (Å²) in [6, 6.07) is 9.97. The molecule has 1 aliphatic rings. The fourth-order valence-corrected chi connectivity index (χ4v) is 2.57. The van der Waals surface area contributed by atoms with Gasteiger partial charge in [0.15, 0.2) is 0 Å². The van der Waals surface area contributed by atoms with Crippen LogP contribution >= 0.6 is 23.2 Å². The van der Waals surface area contributed by atoms with Crippen molar-refractivity contribution in [3.63, 3.8) is 0 Å². The lowest BCUT2D eigenvalue weighted by Gasteiger charge is -2.17. The highest BCUT2D eigenvalue weighted by atomic mass is 35.5. The van der Waals surface area contributed by atoms with Gasteiger partial charge in [-0.3, -0.25) is 0 Å². The lowest BCUT2D eigenvalue weighted by Crippen LogP contribution is -2.27. The van der Waals surface area contributed by atoms with Crippen molar-refractivity contribution >= 4 is 40.6 Å². The van der Waals surface area contributed by atoms with Crippen LogP contribution in [0.5, 0.6) is 11.5 Å². The number of carbonyl (C=O) groups is 1. The molecular weight excluding hydrogens is 313 g/mol. The number of phenols is 1. The largest absolute Gasteiger partial charge is 0.506 e. The van der Waals surface area contributed by atoms with Crippen molar-refractivity contribution in [3.8, 4) is 11.5 Å². The summed E-state index contributed by atoms with van der Waals surface area (Å²) in [7, 11) is 0. The highest BCUT2D eigenvalue weighted by Gasteiger charge is 2.24. The Morgan fingerprint density at radius 1 is 1.19 bits per heavy atom. The lowest BCUT2D eigenvalue weighted by molar-refractivity contribution is -0.127. The lowest BCUT2D eigenvalue weighted by atomic mass is 10.0. The van der Waals surface area contributed by atoms with Crippen molar-refractivity contribution in [3.05, 3.63) is 52.0 Å². The number of esters is 1. The van der Waals surface area contributed by atoms with Crippen LogP contribution in [0.1, 0.15) is 5.56 Å². The molecule has 0 aromatic heterocycles. The van der Waals surface area contributed by atoms with Crippen LogP contribution in [-0.2, 0) is 11.2 Å². The van der Waals surface area contributed by atoms with Crippen molar-refractivity contribution in [1.29, 1.82) is 0 Å². The minimum atomic E-state index is -0.556. The summed E-state index contributed by atoms with van der Waals surface area (Å²) in [4.78, 5) is 16.1. The molecule has 0 bridgehead atoms. The third-order valence-corrected chi connectivity index (χ3v) is 3.53. The SMILES string of the molecule is O=C1Oc2ccccc2CC1=Nc1c(O)cc(Cl)cc1Cl. The molecule has 0 fully saturated rings. The van der Waals surface area contributed by atoms with Gasteiger partial charge in [-0.05, 0) is 12.1 Å². The second-order valence-corrected chi connectivity index (χ2v) is 5.33. The van der Waals surface area contributed by atoms with Gasteiger partial charge in [0.2, 0.25) is 0 Å². The number of halogens is 2. The smallest absolute Gasteiger partial charge is 0.358 e. The second-order valence-electron chi connectivity index (χ2n) is 4.49. The molecule has 2 aromatic rings. The predicted octanol–water partition coefficient (Wildman–Crippen LogP) is 3.93. The van der Waals surface area contributed by atoms with Gasteiger partial charge < -0.3 is 9.84 Å². The Kier molecular flexibility index (Phi) is 3.57. The van der Waals surface area contributed by atoms with Gasteiger partial charge in [0, 0.05) is 23.1 Å². The van der Waals surface area contributed by atoms with Crippen LogP contribution in [-0.4, -0.2) is 16.8 Å². The van der Waals surface area contributed by atoms with Gasteiger partial charge in [0.25, 0.3) is 0 Å². The maximum absolute atomic E-state index is 11.9. The predicted molar refractivity (Wildman–Crippen MR) is 81.0 cm³/mol. The Hall–Kier alpha value is -2.04. The van der Waals surface area contributed by atoms with E-state index in [-0.39, 0.29) is 27.2 Å². The van der Waals surface area contributed by atoms with Crippen molar-refractivity contribution in [2.45, 2.75) is 6.42 Å². The molecule has 0 saturated heterocycles. The maximum Gasteiger partial charge on any atom is 0.358 e. The van der Waals surface area contributed by atoms with Gasteiger partial charge in [0.05, 0.1) is 5.02 Å². The van der Waals surface area contributed by atoms with E-state index in [2.05, 4.69) is 4.99 Å². The van der Waals surface area contributed by atoms with E-state index in [9.17, 15) is 9.90 Å². The minimum Gasteiger partial charge on any atom is -0.506 e. The molecule has 106 valence electrons. The maximum atomic E-state index is 11.9. The van der Waals surface area contributed by atoms with E-state index >= 15 is 0 Å². The van der Waals surface area contributed by atoms with Crippen LogP contribution in [0.3, 0.4) is 0 Å². The van der Waals surface area contributed by atoms with Gasteiger partial charge >= 0.3 is 5.97 Å². The van der Waals surface area contributed by atoms with Crippen molar-refractivity contribution in [1.82, 2.24) is 0 Å². The van der Waals surface area contributed by atoms with E-state index in [1.807, 2.05) is 12.1 Å². The average Bonchev–Trinajstić information content (AvgIpc) is 2.43. The molecule has 0 aliphatic carbocycles. The summed E-state index contributed by atoms with van der Waals surface area (Å²) >= 11 is 11.8. The van der Waals surface area contributed by atoms with Crippen LogP contribution in [0.15, 0.2) is 41.4 Å². The number of aromatic hydroxyl groups is 1. The summed E-state index contributed by atoms with van der Waals surface area (Å²) in [6.07, 6.45) is 0.313. The zero-order valence-corrected chi connectivity index (χ0v) is 12.1. The topological polar surface area (TPSA) is 58.9 Å². The van der Waals surface area contributed by atoms with E-state index < -0.39 is 5.97 Å². The van der Waals surface area contributed by atoms with Gasteiger partial charge in [-0.1, -0.05) is 41.4 Å². The van der Waals surface area contributed by atoms with E-state index in [4.69, 9.17) is 27.9 Å². The quantitative estimate of drug-likeness (QED) is 0.639. The Morgan fingerprint density at radius 2 is 1.95 bits per heavy atom. The van der Waals surface area contributed by atoms with Crippen LogP contribution in [0.4, 0.5) is 5.69 Å². The van der Waals surface area contributed by atoms with E-state index in [1.54, 1.807) is 12.1 Å². The third kappa shape index (κ3) is 2.73. The molecule has 1 N–H and O–H groups in total. The molecule has 0 spiro atoms. The number of para-hydroxylation sites is 1. The summed E-state index contributed by atoms with van der Waals surface area (Å²) < 4.78 is 5.20. The molecule has 6 heteroatoms. The molecule has 21 heavy (non-hydrogen) atoms. The normalized spacial score (nSPS) is 15.7. The van der Waals surface area contributed by atoms with E-state index in [1.165, 1.54) is 12.1 Å². The Morgan fingerprint density at radius 3 is 2.71 bits per heavy atom. The van der Waals surface area contributed by atoms with E-state index in [0.29, 0.717) is 12.2 Å². The van der Waals surface area contributed by atoms with Crippen LogP contribution in [0, 0.1) is 0 Å². The fourth-order valence-electron chi connectivity index (χ4n) is 2.04. The summed E-state index contributed by atoms with van der Waals surface area (Å²) in [5.74, 6) is -0.223. The average molecular weight is 322 g/mol. The third-order valence-electron chi connectivity index (χ3n) is 3.02. The number of hydrogen-bond acceptors (Lipinski definition) is 4. The number of phenolic OH excluding ortho intramolecular Hbond substituents is 1. The van der Waals surface area contributed by atoms with Crippen molar-refractivity contribution in [2.75, 3.05) is 0 Å². The first-order chi connectivity index (χ1) is 10.0. The standard InChI is InChI=1S/C15H9Cl2NO3/c16-9-6-10(17)14(12(19)7-9)18-11-5-8-3-1-2-4-13(8)21-15(11)20/h1-4,6-7,19H,5H2. The van der Waals surface area contributed by atoms with Crippen molar-refractivity contribution < 1.29 is 14.6 Å². The molecule has 1 heterocycles. The summed E-state index contributed by atoms with van der Waals surface area (Å²) in [5, 5.41) is 10.3. The monoisotopic (exact) mass is 321 g/mol. The van der Waals surface area contributed by atoms with E-state index in [0.717, 1.165) is 5.56 Å². The van der Waals surface area contributed by atoms with Crippen LogP contribution in [0.2, 0.25) is 10.0 Å². The molecule has 1 aliphatic heterocycles. The van der Waals surface area contributed by atoms with Crippen LogP contribution in [0.25, 0.3) is 0 Å². The fraction of sp³-hybridized carbons (Fsp3) is 0.0667. The number of aliphatic imine (C=N–C) groups is 1. The number of nitrogens with zero attached hydrogens (tertiary/aromatic N) is 1. The van der Waals surface area contributed by atoms with Gasteiger partial charge in [-0.15, -0.1) is 0 Å². The number of benzene rings is 2. The number of ether oxygens (including phenoxy) is 1. The van der Waals surface area contributed by atoms with Gasteiger partial charge in [-0.25, -0.2) is 9.79 Å². The number of hydrogen-bond donors (Lipinski definition) is 1. The molecular formula is C15H9Cl2NO3. The summed E-state index contributed by atoms with van der Waals surface area (Å²) in [5.41, 5.74) is 1.13. The first kappa shape index (κ1) is 13.9. The molecule has 0 atom stereocenters. The van der Waals surface area contributed by atoms with Crippen molar-refractivity contribution in [2.24, 2.45) is 4.99 Å².